The van der Waals surface area contributed by atoms with Crippen LogP contribution in [-0.2, 0) is 11.4 Å². The molecule has 1 aliphatic heterocycles. The molecule has 0 atom stereocenters. The number of anilines is 1. The predicted molar refractivity (Wildman–Crippen MR) is 141 cm³/mol. The molecule has 0 N–H and O–H groups in total. The number of hydrazone groups is 1. The average Bonchev–Trinajstić information content (AvgIpc) is 3.14. The highest BCUT2D eigenvalue weighted by Crippen LogP contribution is 2.37. The van der Waals surface area contributed by atoms with Crippen LogP contribution in [0.5, 0.6) is 11.5 Å². The van der Waals surface area contributed by atoms with E-state index < -0.39 is 40.7 Å². The molecule has 0 fully saturated rings. The second kappa shape index (κ2) is 11.3. The Morgan fingerprint density at radius 1 is 1.00 bits per heavy atom. The van der Waals surface area contributed by atoms with Crippen LogP contribution < -0.4 is 14.5 Å². The summed E-state index contributed by atoms with van der Waals surface area (Å²) in [7, 11) is 0. The molecule has 198 valence electrons. The number of benzene rings is 3. The van der Waals surface area contributed by atoms with Crippen LogP contribution in [-0.4, -0.2) is 18.2 Å². The van der Waals surface area contributed by atoms with Crippen LogP contribution >= 0.6 is 34.2 Å². The Morgan fingerprint density at radius 3 is 2.29 bits per heavy atom. The minimum Gasteiger partial charge on any atom is -0.490 e. The van der Waals surface area contributed by atoms with E-state index in [0.717, 1.165) is 5.56 Å². The molecule has 0 aromatic heterocycles. The minimum atomic E-state index is -2.33. The highest BCUT2D eigenvalue weighted by molar-refractivity contribution is 14.1. The van der Waals surface area contributed by atoms with E-state index in [-0.39, 0.29) is 22.9 Å². The molecule has 1 amide bonds. The zero-order valence-corrected chi connectivity index (χ0v) is 22.6. The van der Waals surface area contributed by atoms with Gasteiger partial charge in [-0.25, -0.2) is 22.0 Å². The van der Waals surface area contributed by atoms with Gasteiger partial charge in [-0.3, -0.25) is 4.79 Å². The standard InChI is InChI=1S/C26H17ClF5IN2O3/c1-3-37-18-10-14(9-17(33)25(18)38-11-13-5-4-6-15(27)7-13)8-16-12(2)34-35(26(16)36)24-22(31)20(29)19(28)21(30)23(24)32/h4-10H,3,11H2,1-2H3/b16-8-. The van der Waals surface area contributed by atoms with Crippen molar-refractivity contribution in [2.75, 3.05) is 11.6 Å². The largest absolute Gasteiger partial charge is 0.490 e. The smallest absolute Gasteiger partial charge is 0.280 e. The number of nitrogens with zero attached hydrogens (tertiary/aromatic N) is 2. The first-order valence-electron chi connectivity index (χ1n) is 11.0. The number of rotatable bonds is 7. The lowest BCUT2D eigenvalue weighted by Crippen LogP contribution is -2.25. The van der Waals surface area contributed by atoms with Crippen LogP contribution in [0.15, 0.2) is 47.1 Å². The molecule has 0 saturated carbocycles. The summed E-state index contributed by atoms with van der Waals surface area (Å²) < 4.78 is 81.8. The molecule has 1 aliphatic rings. The summed E-state index contributed by atoms with van der Waals surface area (Å²) in [5, 5.41) is 4.47. The summed E-state index contributed by atoms with van der Waals surface area (Å²) in [6, 6.07) is 10.4. The van der Waals surface area contributed by atoms with Gasteiger partial charge in [-0.2, -0.15) is 10.1 Å². The molecule has 0 spiro atoms. The number of ether oxygens (including phenoxy) is 2. The maximum Gasteiger partial charge on any atom is 0.280 e. The van der Waals surface area contributed by atoms with E-state index in [9.17, 15) is 26.7 Å². The summed E-state index contributed by atoms with van der Waals surface area (Å²) in [4.78, 5) is 13.0. The molecular weight excluding hydrogens is 646 g/mol. The van der Waals surface area contributed by atoms with Crippen molar-refractivity contribution in [3.63, 3.8) is 0 Å². The van der Waals surface area contributed by atoms with Gasteiger partial charge in [0, 0.05) is 5.02 Å². The van der Waals surface area contributed by atoms with Gasteiger partial charge in [0.1, 0.15) is 12.3 Å². The molecule has 0 unspecified atom stereocenters. The van der Waals surface area contributed by atoms with Crippen LogP contribution in [0.4, 0.5) is 27.6 Å². The third kappa shape index (κ3) is 5.35. The van der Waals surface area contributed by atoms with Gasteiger partial charge >= 0.3 is 0 Å². The zero-order chi connectivity index (χ0) is 27.7. The van der Waals surface area contributed by atoms with E-state index in [1.165, 1.54) is 13.0 Å². The average molecular weight is 663 g/mol. The molecule has 4 rings (SSSR count). The number of carbonyl (C=O) groups excluding carboxylic acids is 1. The van der Waals surface area contributed by atoms with Gasteiger partial charge in [-0.15, -0.1) is 0 Å². The maximum absolute atomic E-state index is 14.3. The molecule has 0 saturated heterocycles. The van der Waals surface area contributed by atoms with Gasteiger partial charge in [-0.1, -0.05) is 23.7 Å². The first-order chi connectivity index (χ1) is 18.0. The Labute approximate surface area is 232 Å². The second-order valence-electron chi connectivity index (χ2n) is 7.96. The van der Waals surface area contributed by atoms with Gasteiger partial charge in [0.05, 0.1) is 21.5 Å². The number of amides is 1. The molecular formula is C26H17ClF5IN2O3. The van der Waals surface area contributed by atoms with Crippen molar-refractivity contribution < 1.29 is 36.2 Å². The monoisotopic (exact) mass is 662 g/mol. The zero-order valence-electron chi connectivity index (χ0n) is 19.7. The lowest BCUT2D eigenvalue weighted by Gasteiger charge is -2.16. The predicted octanol–water partition coefficient (Wildman–Crippen LogP) is 7.42. The van der Waals surface area contributed by atoms with E-state index in [1.807, 2.05) is 28.7 Å². The Hall–Kier alpha value is -3.19. The SMILES string of the molecule is CCOc1cc(/C=C2\C(=O)N(c3c(F)c(F)c(F)c(F)c3F)N=C2C)cc(I)c1OCc1cccc(Cl)c1. The van der Waals surface area contributed by atoms with Crippen LogP contribution in [0.2, 0.25) is 5.02 Å². The van der Waals surface area contributed by atoms with Crippen LogP contribution in [0.25, 0.3) is 6.08 Å². The van der Waals surface area contributed by atoms with Crippen LogP contribution in [0.1, 0.15) is 25.0 Å². The summed E-state index contributed by atoms with van der Waals surface area (Å²) in [6.45, 7) is 3.65. The molecule has 0 radical (unpaired) electrons. The molecule has 1 heterocycles. The number of hydrogen-bond acceptors (Lipinski definition) is 4. The Kier molecular flexibility index (Phi) is 8.26. The maximum atomic E-state index is 14.3. The van der Waals surface area contributed by atoms with Gasteiger partial charge in [0.2, 0.25) is 5.82 Å². The van der Waals surface area contributed by atoms with Gasteiger partial charge in [0.25, 0.3) is 5.91 Å². The van der Waals surface area contributed by atoms with Gasteiger partial charge in [0.15, 0.2) is 34.8 Å². The van der Waals surface area contributed by atoms with E-state index in [4.69, 9.17) is 21.1 Å². The lowest BCUT2D eigenvalue weighted by molar-refractivity contribution is -0.114. The molecule has 5 nitrogen and oxygen atoms in total. The quantitative estimate of drug-likeness (QED) is 0.0870. The Morgan fingerprint density at radius 2 is 1.66 bits per heavy atom. The first-order valence-corrected chi connectivity index (χ1v) is 12.5. The van der Waals surface area contributed by atoms with E-state index in [0.29, 0.717) is 32.3 Å². The van der Waals surface area contributed by atoms with Gasteiger partial charge in [-0.05, 0) is 77.9 Å². The number of hydrogen-bond donors (Lipinski definition) is 0. The fourth-order valence-corrected chi connectivity index (χ4v) is 4.63. The van der Waals surface area contributed by atoms with E-state index >= 15 is 0 Å². The van der Waals surface area contributed by atoms with Crippen molar-refractivity contribution in [1.82, 2.24) is 0 Å². The normalized spacial score (nSPS) is 14.3. The Balaban J connectivity index is 1.68. The van der Waals surface area contributed by atoms with Gasteiger partial charge < -0.3 is 9.47 Å². The number of halogens is 7. The Bertz CT molecular complexity index is 1480. The van der Waals surface area contributed by atoms with Crippen molar-refractivity contribution in [3.8, 4) is 11.5 Å². The summed E-state index contributed by atoms with van der Waals surface area (Å²) in [6.07, 6.45) is 1.37. The molecule has 38 heavy (non-hydrogen) atoms. The first kappa shape index (κ1) is 27.8. The van der Waals surface area contributed by atoms with Crippen LogP contribution in [0.3, 0.4) is 0 Å². The van der Waals surface area contributed by atoms with Crippen molar-refractivity contribution >= 4 is 57.6 Å². The molecule has 0 bridgehead atoms. The van der Waals surface area contributed by atoms with E-state index in [1.54, 1.807) is 37.3 Å². The molecule has 12 heteroatoms. The third-order valence-electron chi connectivity index (χ3n) is 5.38. The van der Waals surface area contributed by atoms with Crippen molar-refractivity contribution in [3.05, 3.63) is 90.8 Å². The topological polar surface area (TPSA) is 51.1 Å². The third-order valence-corrected chi connectivity index (χ3v) is 6.41. The molecule has 3 aromatic rings. The fraction of sp³-hybridized carbons (Fsp3) is 0.154. The van der Waals surface area contributed by atoms with Crippen molar-refractivity contribution in [1.29, 1.82) is 0 Å². The summed E-state index contributed by atoms with van der Waals surface area (Å²) in [5.74, 6) is -11.3. The summed E-state index contributed by atoms with van der Waals surface area (Å²) >= 11 is 8.06. The highest BCUT2D eigenvalue weighted by Gasteiger charge is 2.37. The highest BCUT2D eigenvalue weighted by atomic mass is 127. The number of carbonyl (C=O) groups is 1. The van der Waals surface area contributed by atoms with E-state index in [2.05, 4.69) is 5.10 Å². The molecule has 3 aromatic carbocycles. The summed E-state index contributed by atoms with van der Waals surface area (Å²) in [5.41, 5.74) is -0.278. The van der Waals surface area contributed by atoms with Crippen molar-refractivity contribution in [2.45, 2.75) is 20.5 Å². The lowest BCUT2D eigenvalue weighted by atomic mass is 10.1. The van der Waals surface area contributed by atoms with Crippen LogP contribution in [0, 0.1) is 32.7 Å². The molecule has 0 aliphatic carbocycles. The van der Waals surface area contributed by atoms with Crippen molar-refractivity contribution in [2.24, 2.45) is 5.10 Å². The minimum absolute atomic E-state index is 0.00759. The fourth-order valence-electron chi connectivity index (χ4n) is 3.64. The second-order valence-corrected chi connectivity index (χ2v) is 9.56.